The van der Waals surface area contributed by atoms with E-state index < -0.39 is 5.43 Å². The molecule has 0 saturated heterocycles. The molecule has 0 heterocycles. The standard InChI is InChI=1S/C7H10.CHClO2/c1-2-7-4-3-6(1)5-7;2-1(3)4/h1-2,6-7H,3-5H2;(H,3,4). The van der Waals surface area contributed by atoms with Crippen LogP contribution in [-0.4, -0.2) is 10.5 Å². The summed E-state index contributed by atoms with van der Waals surface area (Å²) in [6, 6.07) is 0. The molecule has 1 fully saturated rings. The molecule has 0 aromatic heterocycles. The topological polar surface area (TPSA) is 37.3 Å². The lowest BCUT2D eigenvalue weighted by atomic mass is 10.1. The Labute approximate surface area is 70.9 Å². The van der Waals surface area contributed by atoms with Gasteiger partial charge in [-0.1, -0.05) is 12.2 Å². The molecule has 2 nitrogen and oxygen atoms in total. The maximum atomic E-state index is 8.77. The molecule has 0 amide bonds. The van der Waals surface area contributed by atoms with Crippen LogP contribution >= 0.6 is 11.6 Å². The average Bonchev–Trinajstić information content (AvgIpc) is 2.45. The quantitative estimate of drug-likeness (QED) is 0.453. The smallest absolute Gasteiger partial charge is 0.401 e. The summed E-state index contributed by atoms with van der Waals surface area (Å²) in [6.45, 7) is 0. The van der Waals surface area contributed by atoms with Gasteiger partial charge < -0.3 is 5.11 Å². The van der Waals surface area contributed by atoms with E-state index >= 15 is 0 Å². The molecule has 2 unspecified atom stereocenters. The summed E-state index contributed by atoms with van der Waals surface area (Å²) in [4.78, 5) is 8.77. The third-order valence-corrected chi connectivity index (χ3v) is 2.17. The zero-order valence-corrected chi connectivity index (χ0v) is 6.92. The highest BCUT2D eigenvalue weighted by atomic mass is 35.5. The van der Waals surface area contributed by atoms with Crippen molar-refractivity contribution in [2.45, 2.75) is 19.3 Å². The second-order valence-electron chi connectivity index (χ2n) is 2.97. The van der Waals surface area contributed by atoms with Gasteiger partial charge in [0, 0.05) is 11.6 Å². The van der Waals surface area contributed by atoms with Gasteiger partial charge in [-0.25, -0.2) is 4.79 Å². The third kappa shape index (κ3) is 2.93. The number of halogens is 1. The first kappa shape index (κ1) is 8.60. The van der Waals surface area contributed by atoms with Gasteiger partial charge in [-0.05, 0) is 31.1 Å². The molecule has 62 valence electrons. The fourth-order valence-electron chi connectivity index (χ4n) is 1.72. The molecule has 0 spiro atoms. The Morgan fingerprint density at radius 3 is 1.82 bits per heavy atom. The summed E-state index contributed by atoms with van der Waals surface area (Å²) in [5, 5.41) is 7.18. The van der Waals surface area contributed by atoms with Crippen molar-refractivity contribution in [3.63, 3.8) is 0 Å². The van der Waals surface area contributed by atoms with Crippen LogP contribution in [0.2, 0.25) is 0 Å². The van der Waals surface area contributed by atoms with Crippen molar-refractivity contribution in [2.75, 3.05) is 0 Å². The SMILES string of the molecule is C1=CC2CCC1C2.O=C(O)Cl. The largest absolute Gasteiger partial charge is 0.469 e. The van der Waals surface area contributed by atoms with Crippen LogP contribution in [0.4, 0.5) is 4.79 Å². The fourth-order valence-corrected chi connectivity index (χ4v) is 1.72. The molecule has 2 rings (SSSR count). The Bertz CT molecular complexity index is 161. The van der Waals surface area contributed by atoms with Gasteiger partial charge in [-0.3, -0.25) is 0 Å². The summed E-state index contributed by atoms with van der Waals surface area (Å²) in [5.74, 6) is 1.98. The Morgan fingerprint density at radius 1 is 1.36 bits per heavy atom. The van der Waals surface area contributed by atoms with E-state index in [9.17, 15) is 0 Å². The number of carboxylic acid groups (broad SMARTS) is 1. The molecule has 0 aromatic carbocycles. The zero-order valence-electron chi connectivity index (χ0n) is 6.16. The van der Waals surface area contributed by atoms with E-state index in [1.807, 2.05) is 0 Å². The highest BCUT2D eigenvalue weighted by molar-refractivity contribution is 6.60. The van der Waals surface area contributed by atoms with E-state index in [4.69, 9.17) is 9.90 Å². The maximum Gasteiger partial charge on any atom is 0.401 e. The molecule has 2 aliphatic rings. The predicted octanol–water partition coefficient (Wildman–Crippen LogP) is 2.88. The van der Waals surface area contributed by atoms with Crippen molar-refractivity contribution in [3.05, 3.63) is 12.2 Å². The number of allylic oxidation sites excluding steroid dienone is 2. The monoisotopic (exact) mass is 174 g/mol. The molecule has 2 aliphatic carbocycles. The summed E-state index contributed by atoms with van der Waals surface area (Å²) in [5.41, 5.74) is -1.36. The molecule has 0 radical (unpaired) electrons. The summed E-state index contributed by atoms with van der Waals surface area (Å²) in [7, 11) is 0. The van der Waals surface area contributed by atoms with Crippen molar-refractivity contribution in [1.29, 1.82) is 0 Å². The number of fused-ring (bicyclic) bond motifs is 2. The van der Waals surface area contributed by atoms with Crippen molar-refractivity contribution in [1.82, 2.24) is 0 Å². The zero-order chi connectivity index (χ0) is 8.27. The second kappa shape index (κ2) is 3.77. The molecular formula is C8H11ClO2. The van der Waals surface area contributed by atoms with Gasteiger partial charge >= 0.3 is 5.43 Å². The molecule has 1 N–H and O–H groups in total. The maximum absolute atomic E-state index is 8.77. The van der Waals surface area contributed by atoms with Gasteiger partial charge in [-0.2, -0.15) is 0 Å². The Balaban J connectivity index is 0.000000134. The Kier molecular flexibility index (Phi) is 2.94. The number of hydrogen-bond acceptors (Lipinski definition) is 1. The lowest BCUT2D eigenvalue weighted by Gasteiger charge is -1.96. The molecule has 2 atom stereocenters. The fraction of sp³-hybridized carbons (Fsp3) is 0.625. The normalized spacial score (nSPS) is 31.4. The summed E-state index contributed by atoms with van der Waals surface area (Å²) in [6.07, 6.45) is 9.19. The van der Waals surface area contributed by atoms with Crippen LogP contribution in [0.1, 0.15) is 19.3 Å². The van der Waals surface area contributed by atoms with Gasteiger partial charge in [0.15, 0.2) is 0 Å². The first-order valence-corrected chi connectivity index (χ1v) is 4.13. The Hall–Kier alpha value is -0.500. The first-order valence-electron chi connectivity index (χ1n) is 3.75. The van der Waals surface area contributed by atoms with E-state index in [1.54, 1.807) is 0 Å². The minimum atomic E-state index is -1.36. The lowest BCUT2D eigenvalue weighted by Crippen LogP contribution is -1.82. The van der Waals surface area contributed by atoms with Crippen LogP contribution < -0.4 is 0 Å². The molecule has 0 aliphatic heterocycles. The number of rotatable bonds is 0. The average molecular weight is 175 g/mol. The molecular weight excluding hydrogens is 164 g/mol. The van der Waals surface area contributed by atoms with Crippen LogP contribution in [0.5, 0.6) is 0 Å². The van der Waals surface area contributed by atoms with E-state index in [0.29, 0.717) is 0 Å². The first-order chi connectivity index (χ1) is 5.18. The van der Waals surface area contributed by atoms with Crippen molar-refractivity contribution >= 4 is 17.0 Å². The minimum absolute atomic E-state index is 0.991. The van der Waals surface area contributed by atoms with Crippen LogP contribution in [0.25, 0.3) is 0 Å². The van der Waals surface area contributed by atoms with E-state index in [-0.39, 0.29) is 0 Å². The molecule has 3 heteroatoms. The number of carbonyl (C=O) groups is 1. The molecule has 1 saturated carbocycles. The van der Waals surface area contributed by atoms with Crippen LogP contribution in [0.15, 0.2) is 12.2 Å². The minimum Gasteiger partial charge on any atom is -0.469 e. The molecule has 2 bridgehead atoms. The highest BCUT2D eigenvalue weighted by Gasteiger charge is 2.25. The van der Waals surface area contributed by atoms with Crippen molar-refractivity contribution < 1.29 is 9.90 Å². The number of hydrogen-bond donors (Lipinski definition) is 1. The van der Waals surface area contributed by atoms with Crippen LogP contribution in [0.3, 0.4) is 0 Å². The van der Waals surface area contributed by atoms with Crippen molar-refractivity contribution in [3.8, 4) is 0 Å². The summed E-state index contributed by atoms with van der Waals surface area (Å²) >= 11 is 4.19. The van der Waals surface area contributed by atoms with E-state index in [2.05, 4.69) is 23.8 Å². The lowest BCUT2D eigenvalue weighted by molar-refractivity contribution is 0.220. The van der Waals surface area contributed by atoms with Crippen LogP contribution in [0, 0.1) is 11.8 Å². The van der Waals surface area contributed by atoms with Crippen LogP contribution in [-0.2, 0) is 0 Å². The summed E-state index contributed by atoms with van der Waals surface area (Å²) < 4.78 is 0. The molecule has 11 heavy (non-hydrogen) atoms. The second-order valence-corrected chi connectivity index (χ2v) is 3.29. The van der Waals surface area contributed by atoms with Gasteiger partial charge in [0.05, 0.1) is 0 Å². The van der Waals surface area contributed by atoms with Gasteiger partial charge in [0.2, 0.25) is 0 Å². The van der Waals surface area contributed by atoms with Gasteiger partial charge in [0.1, 0.15) is 0 Å². The van der Waals surface area contributed by atoms with Gasteiger partial charge in [0.25, 0.3) is 0 Å². The van der Waals surface area contributed by atoms with E-state index in [1.165, 1.54) is 19.3 Å². The van der Waals surface area contributed by atoms with E-state index in [0.717, 1.165) is 11.8 Å². The molecule has 0 aromatic rings. The Morgan fingerprint density at radius 2 is 1.73 bits per heavy atom. The third-order valence-electron chi connectivity index (χ3n) is 2.17. The highest BCUT2D eigenvalue weighted by Crippen LogP contribution is 2.38. The van der Waals surface area contributed by atoms with Crippen molar-refractivity contribution in [2.24, 2.45) is 11.8 Å². The van der Waals surface area contributed by atoms with Gasteiger partial charge in [-0.15, -0.1) is 0 Å². The predicted molar refractivity (Wildman–Crippen MR) is 43.8 cm³/mol.